The van der Waals surface area contributed by atoms with Gasteiger partial charge in [0, 0.05) is 49.1 Å². The van der Waals surface area contributed by atoms with Gasteiger partial charge in [0.25, 0.3) is 0 Å². The molecule has 9 heteroatoms. The van der Waals surface area contributed by atoms with Crippen LogP contribution in [0.2, 0.25) is 0 Å². The summed E-state index contributed by atoms with van der Waals surface area (Å²) in [5, 5.41) is 11.6. The second kappa shape index (κ2) is 16.3. The first-order valence-corrected chi connectivity index (χ1v) is 16.0. The Hall–Kier alpha value is -2.13. The molecule has 1 aromatic rings. The predicted octanol–water partition coefficient (Wildman–Crippen LogP) is 6.05. The molecule has 8 nitrogen and oxygen atoms in total. The molecule has 5 atom stereocenters. The molecule has 1 saturated heterocycles. The molecule has 0 spiro atoms. The van der Waals surface area contributed by atoms with Gasteiger partial charge in [-0.2, -0.15) is 0 Å². The minimum Gasteiger partial charge on any atom is -0.476 e. The number of carboxylic acids is 1. The van der Waals surface area contributed by atoms with E-state index in [1.807, 2.05) is 25.8 Å². The zero-order valence-corrected chi connectivity index (χ0v) is 26.5. The molecule has 1 aliphatic heterocycles. The van der Waals surface area contributed by atoms with E-state index in [1.165, 1.54) is 11.3 Å². The van der Waals surface area contributed by atoms with Gasteiger partial charge in [-0.15, -0.1) is 11.3 Å². The van der Waals surface area contributed by atoms with Crippen molar-refractivity contribution in [3.8, 4) is 0 Å². The molecule has 0 radical (unpaired) electrons. The van der Waals surface area contributed by atoms with Gasteiger partial charge in [0.15, 0.2) is 11.5 Å². The number of aromatic nitrogens is 1. The topological polar surface area (TPSA) is 108 Å². The van der Waals surface area contributed by atoms with Crippen LogP contribution in [0.15, 0.2) is 5.38 Å². The van der Waals surface area contributed by atoms with Crippen LogP contribution in [-0.4, -0.2) is 75.6 Å². The number of aromatic carboxylic acids is 1. The number of carboxylic acid groups (broad SMARTS) is 1. The third-order valence-corrected chi connectivity index (χ3v) is 9.66. The lowest BCUT2D eigenvalue weighted by atomic mass is 9.82. The number of thiazole rings is 1. The highest BCUT2D eigenvalue weighted by Crippen LogP contribution is 2.32. The summed E-state index contributed by atoms with van der Waals surface area (Å²) in [6, 6.07) is -0.310. The average molecular weight is 578 g/mol. The van der Waals surface area contributed by atoms with Crippen LogP contribution in [0.25, 0.3) is 0 Å². The van der Waals surface area contributed by atoms with Crippen molar-refractivity contribution in [3.63, 3.8) is 0 Å². The zero-order valence-electron chi connectivity index (χ0n) is 25.6. The summed E-state index contributed by atoms with van der Waals surface area (Å²) in [4.78, 5) is 60.3. The van der Waals surface area contributed by atoms with Gasteiger partial charge >= 0.3 is 5.97 Å². The first kappa shape index (κ1) is 34.1. The molecular weight excluding hydrogens is 526 g/mol. The Morgan fingerprint density at radius 3 is 2.38 bits per heavy atom. The quantitative estimate of drug-likeness (QED) is 0.240. The van der Waals surface area contributed by atoms with E-state index in [4.69, 9.17) is 0 Å². The highest BCUT2D eigenvalue weighted by atomic mass is 32.1. The molecule has 2 rings (SSSR count). The molecule has 1 fully saturated rings. The largest absolute Gasteiger partial charge is 0.476 e. The lowest BCUT2D eigenvalue weighted by Gasteiger charge is -2.39. The van der Waals surface area contributed by atoms with Gasteiger partial charge in [-0.1, -0.05) is 54.4 Å². The molecule has 1 aromatic heterocycles. The van der Waals surface area contributed by atoms with Gasteiger partial charge < -0.3 is 10.0 Å². The lowest BCUT2D eigenvalue weighted by molar-refractivity contribution is -0.144. The first-order valence-electron chi connectivity index (χ1n) is 15.1. The number of likely N-dealkylation sites (tertiary alicyclic amines) is 1. The van der Waals surface area contributed by atoms with Gasteiger partial charge in [-0.25, -0.2) is 9.78 Å². The number of likely N-dealkylation sites (N-methyl/N-ethyl adjacent to an activating group) is 1. The second-order valence-electron chi connectivity index (χ2n) is 12.0. The number of ketones is 2. The van der Waals surface area contributed by atoms with E-state index >= 15 is 0 Å². The number of piperidine rings is 1. The van der Waals surface area contributed by atoms with Gasteiger partial charge in [-0.05, 0) is 51.1 Å². The maximum Gasteiger partial charge on any atom is 0.355 e. The maximum absolute atomic E-state index is 14.4. The van der Waals surface area contributed by atoms with Crippen molar-refractivity contribution in [1.82, 2.24) is 14.8 Å². The summed E-state index contributed by atoms with van der Waals surface area (Å²) >= 11 is 1.33. The number of Topliss-reactive ketones (excluding diaryl/α,β-unsaturated/α-hetero) is 2. The van der Waals surface area contributed by atoms with Gasteiger partial charge in [0.05, 0.1) is 11.0 Å². The third-order valence-electron chi connectivity index (χ3n) is 8.58. The van der Waals surface area contributed by atoms with E-state index in [1.54, 1.807) is 5.38 Å². The van der Waals surface area contributed by atoms with Crippen LogP contribution in [0.5, 0.6) is 0 Å². The molecule has 1 amide bonds. The van der Waals surface area contributed by atoms with Crippen LogP contribution < -0.4 is 0 Å². The van der Waals surface area contributed by atoms with E-state index in [9.17, 15) is 24.3 Å². The van der Waals surface area contributed by atoms with E-state index in [-0.39, 0.29) is 59.4 Å². The fraction of sp³-hybridized carbons (Fsp3) is 0.774. The monoisotopic (exact) mass is 577 g/mol. The Labute approximate surface area is 244 Å². The second-order valence-corrected chi connectivity index (χ2v) is 12.9. The van der Waals surface area contributed by atoms with Crippen LogP contribution >= 0.6 is 11.3 Å². The normalized spacial score (nSPS) is 19.1. The summed E-state index contributed by atoms with van der Waals surface area (Å²) in [6.45, 7) is 13.5. The van der Waals surface area contributed by atoms with Crippen LogP contribution in [-0.2, 0) is 14.4 Å². The Balaban J connectivity index is 2.37. The van der Waals surface area contributed by atoms with Gasteiger partial charge in [0.2, 0.25) is 5.91 Å². The fourth-order valence-corrected chi connectivity index (χ4v) is 6.65. The molecular formula is C31H51N3O5S. The number of nitrogens with zero attached hydrogens (tertiary/aromatic N) is 3. The molecule has 0 bridgehead atoms. The number of rotatable bonds is 17. The van der Waals surface area contributed by atoms with Crippen molar-refractivity contribution in [3.05, 3.63) is 16.1 Å². The highest BCUT2D eigenvalue weighted by Gasteiger charge is 2.38. The van der Waals surface area contributed by atoms with Crippen molar-refractivity contribution in [2.45, 2.75) is 117 Å². The summed E-state index contributed by atoms with van der Waals surface area (Å²) in [7, 11) is 2.00. The molecule has 2 heterocycles. The molecule has 1 N–H and O–H groups in total. The van der Waals surface area contributed by atoms with Crippen molar-refractivity contribution in [2.24, 2.45) is 17.8 Å². The van der Waals surface area contributed by atoms with Crippen LogP contribution in [0, 0.1) is 17.8 Å². The molecule has 1 aliphatic rings. The molecule has 0 aliphatic carbocycles. The summed E-state index contributed by atoms with van der Waals surface area (Å²) in [5.41, 5.74) is 0.0362. The first-order chi connectivity index (χ1) is 18.9. The predicted molar refractivity (Wildman–Crippen MR) is 160 cm³/mol. The minimum atomic E-state index is -1.05. The van der Waals surface area contributed by atoms with Gasteiger partial charge in [-0.3, -0.25) is 19.3 Å². The van der Waals surface area contributed by atoms with E-state index in [0.29, 0.717) is 25.8 Å². The van der Waals surface area contributed by atoms with Gasteiger partial charge in [0.1, 0.15) is 5.78 Å². The summed E-state index contributed by atoms with van der Waals surface area (Å²) in [5.74, 6) is -1.18. The molecule has 0 saturated carbocycles. The molecule has 0 aromatic carbocycles. The number of carbonyl (C=O) groups excluding carboxylic acids is 3. The number of hydrogen-bond donors (Lipinski definition) is 1. The minimum absolute atomic E-state index is 0.0292. The maximum atomic E-state index is 14.4. The Kier molecular flexibility index (Phi) is 13.9. The lowest BCUT2D eigenvalue weighted by Crippen LogP contribution is -2.50. The Bertz CT molecular complexity index is 993. The van der Waals surface area contributed by atoms with E-state index in [0.717, 1.165) is 43.7 Å². The van der Waals surface area contributed by atoms with Crippen LogP contribution in [0.4, 0.5) is 0 Å². The Morgan fingerprint density at radius 2 is 1.82 bits per heavy atom. The standard InChI is InChI=1S/C31H51N3O5S/c1-8-12-23(35)14-16-34(27(20(3)4)17-22(6)29-32-25(19-40-29)31(38)39)30(37)24(21(5)9-2)18-28(36)26-13-10-11-15-33(26)7/h19-22,24,26-27H,8-18H2,1-7H3,(H,38,39)/t21-,22+,24-,26?,27+/m0/s1. The SMILES string of the molecule is CCCC(=O)CCN(C(=O)[C@@H](CC(=O)C1CCCCN1C)[C@@H](C)CC)[C@H](C[C@@H](C)c1nc(C(=O)O)cs1)C(C)C. The zero-order chi connectivity index (χ0) is 30.0. The van der Waals surface area contributed by atoms with E-state index in [2.05, 4.69) is 37.6 Å². The highest BCUT2D eigenvalue weighted by molar-refractivity contribution is 7.09. The molecule has 1 unspecified atom stereocenters. The fourth-order valence-electron chi connectivity index (χ4n) is 5.79. The van der Waals surface area contributed by atoms with Crippen molar-refractivity contribution in [2.75, 3.05) is 20.1 Å². The van der Waals surface area contributed by atoms with Crippen molar-refractivity contribution in [1.29, 1.82) is 0 Å². The smallest absolute Gasteiger partial charge is 0.355 e. The summed E-state index contributed by atoms with van der Waals surface area (Å²) < 4.78 is 0. The number of hydrogen-bond acceptors (Lipinski definition) is 7. The summed E-state index contributed by atoms with van der Waals surface area (Å²) in [6.07, 6.45) is 6.12. The number of amides is 1. The number of carbonyl (C=O) groups is 4. The average Bonchev–Trinajstić information content (AvgIpc) is 3.41. The van der Waals surface area contributed by atoms with Crippen LogP contribution in [0.1, 0.15) is 121 Å². The third kappa shape index (κ3) is 9.47. The van der Waals surface area contributed by atoms with E-state index < -0.39 is 11.9 Å². The Morgan fingerprint density at radius 1 is 1.12 bits per heavy atom. The molecule has 40 heavy (non-hydrogen) atoms. The van der Waals surface area contributed by atoms with Crippen molar-refractivity contribution >= 4 is 34.8 Å². The van der Waals surface area contributed by atoms with Crippen LogP contribution in [0.3, 0.4) is 0 Å². The molecule has 226 valence electrons. The van der Waals surface area contributed by atoms with Crippen molar-refractivity contribution < 1.29 is 24.3 Å².